The van der Waals surface area contributed by atoms with Crippen LogP contribution in [0.3, 0.4) is 0 Å². The summed E-state index contributed by atoms with van der Waals surface area (Å²) in [5.41, 5.74) is 1.22. The third kappa shape index (κ3) is 2.88. The summed E-state index contributed by atoms with van der Waals surface area (Å²) in [4.78, 5) is 6.75. The molecule has 1 aromatic heterocycles. The van der Waals surface area contributed by atoms with Crippen molar-refractivity contribution in [1.29, 1.82) is 0 Å². The third-order valence-electron chi connectivity index (χ3n) is 3.14. The van der Waals surface area contributed by atoms with Crippen molar-refractivity contribution in [2.24, 2.45) is 7.05 Å². The van der Waals surface area contributed by atoms with Crippen molar-refractivity contribution in [3.8, 4) is 0 Å². The highest BCUT2D eigenvalue weighted by atomic mass is 79.9. The molecule has 0 bridgehead atoms. The Morgan fingerprint density at radius 2 is 2.24 bits per heavy atom. The highest BCUT2D eigenvalue weighted by Crippen LogP contribution is 2.26. The number of aromatic nitrogens is 2. The van der Waals surface area contributed by atoms with Crippen molar-refractivity contribution in [3.63, 3.8) is 0 Å². The molecule has 2 heterocycles. The van der Waals surface area contributed by atoms with Gasteiger partial charge in [-0.2, -0.15) is 0 Å². The average molecular weight is 303 g/mol. The molecule has 0 aromatic carbocycles. The Kier molecular flexibility index (Phi) is 4.55. The van der Waals surface area contributed by atoms with E-state index in [2.05, 4.69) is 35.7 Å². The molecule has 0 amide bonds. The lowest BCUT2D eigenvalue weighted by Crippen LogP contribution is -2.43. The van der Waals surface area contributed by atoms with Crippen LogP contribution >= 0.6 is 15.9 Å². The van der Waals surface area contributed by atoms with Crippen LogP contribution in [0.4, 0.5) is 0 Å². The van der Waals surface area contributed by atoms with Gasteiger partial charge >= 0.3 is 0 Å². The van der Waals surface area contributed by atoms with Gasteiger partial charge in [-0.25, -0.2) is 4.98 Å². The first-order chi connectivity index (χ1) is 8.24. The van der Waals surface area contributed by atoms with E-state index in [4.69, 9.17) is 4.74 Å². The van der Waals surface area contributed by atoms with Gasteiger partial charge in [-0.3, -0.25) is 4.90 Å². The highest BCUT2D eigenvalue weighted by molar-refractivity contribution is 9.10. The predicted molar refractivity (Wildman–Crippen MR) is 70.0 cm³/mol. The van der Waals surface area contributed by atoms with Gasteiger partial charge in [-0.05, 0) is 23.0 Å². The largest absolute Gasteiger partial charge is 0.379 e. The fourth-order valence-corrected chi connectivity index (χ4v) is 2.90. The summed E-state index contributed by atoms with van der Waals surface area (Å²) in [5.74, 6) is 0. The Balaban J connectivity index is 2.21. The van der Waals surface area contributed by atoms with Crippen LogP contribution in [0.2, 0.25) is 0 Å². The first-order valence-corrected chi connectivity index (χ1v) is 6.66. The van der Waals surface area contributed by atoms with E-state index in [1.807, 2.05) is 20.4 Å². The van der Waals surface area contributed by atoms with Crippen molar-refractivity contribution >= 4 is 15.9 Å². The monoisotopic (exact) mass is 302 g/mol. The van der Waals surface area contributed by atoms with Gasteiger partial charge < -0.3 is 14.6 Å². The van der Waals surface area contributed by atoms with Gasteiger partial charge in [0.15, 0.2) is 0 Å². The first-order valence-electron chi connectivity index (χ1n) is 5.87. The molecule has 1 atom stereocenters. The molecule has 2 rings (SSSR count). The summed E-state index contributed by atoms with van der Waals surface area (Å²) in [5, 5.41) is 3.26. The molecule has 1 aliphatic rings. The molecular formula is C11H19BrN4O. The van der Waals surface area contributed by atoms with E-state index in [-0.39, 0.29) is 0 Å². The van der Waals surface area contributed by atoms with E-state index < -0.39 is 0 Å². The molecule has 0 spiro atoms. The third-order valence-corrected chi connectivity index (χ3v) is 3.75. The zero-order chi connectivity index (χ0) is 12.3. The summed E-state index contributed by atoms with van der Waals surface area (Å²) in [7, 11) is 4.02. The Hall–Kier alpha value is -0.430. The Morgan fingerprint density at radius 1 is 1.53 bits per heavy atom. The van der Waals surface area contributed by atoms with Crippen LogP contribution in [0.25, 0.3) is 0 Å². The summed E-state index contributed by atoms with van der Waals surface area (Å²) in [6.45, 7) is 4.50. The smallest absolute Gasteiger partial charge is 0.128 e. The first kappa shape index (κ1) is 13.0. The van der Waals surface area contributed by atoms with E-state index in [0.29, 0.717) is 6.04 Å². The van der Waals surface area contributed by atoms with Crippen molar-refractivity contribution < 1.29 is 4.74 Å². The molecule has 0 radical (unpaired) electrons. The van der Waals surface area contributed by atoms with Crippen LogP contribution in [-0.2, 0) is 11.8 Å². The van der Waals surface area contributed by atoms with Crippen molar-refractivity contribution in [1.82, 2.24) is 19.8 Å². The molecule has 6 heteroatoms. The Labute approximate surface area is 110 Å². The number of rotatable bonds is 4. The molecule has 96 valence electrons. The van der Waals surface area contributed by atoms with Crippen LogP contribution in [-0.4, -0.2) is 54.3 Å². The zero-order valence-electron chi connectivity index (χ0n) is 10.3. The summed E-state index contributed by atoms with van der Waals surface area (Å²) in [6, 6.07) is 0.339. The minimum atomic E-state index is 0.339. The fourth-order valence-electron chi connectivity index (χ4n) is 2.26. The molecule has 1 aromatic rings. The number of halogens is 1. The number of morpholine rings is 1. The molecule has 1 aliphatic heterocycles. The second-order valence-corrected chi connectivity index (χ2v) is 5.00. The normalized spacial score (nSPS) is 19.5. The lowest BCUT2D eigenvalue weighted by molar-refractivity contribution is 0.0149. The number of hydrogen-bond acceptors (Lipinski definition) is 4. The summed E-state index contributed by atoms with van der Waals surface area (Å²) in [6.07, 6.45) is 1.85. The van der Waals surface area contributed by atoms with Crippen LogP contribution in [0, 0.1) is 0 Å². The topological polar surface area (TPSA) is 42.3 Å². The molecule has 1 N–H and O–H groups in total. The molecule has 17 heavy (non-hydrogen) atoms. The lowest BCUT2D eigenvalue weighted by Gasteiger charge is -2.34. The summed E-state index contributed by atoms with van der Waals surface area (Å²) < 4.78 is 8.43. The fraction of sp³-hybridized carbons (Fsp3) is 0.727. The minimum Gasteiger partial charge on any atom is -0.379 e. The maximum absolute atomic E-state index is 5.41. The Bertz CT molecular complexity index is 343. The number of ether oxygens (including phenoxy) is 1. The molecule has 0 saturated carbocycles. The van der Waals surface area contributed by atoms with E-state index in [1.54, 1.807) is 0 Å². The van der Waals surface area contributed by atoms with Crippen molar-refractivity contribution in [2.45, 2.75) is 6.04 Å². The van der Waals surface area contributed by atoms with Gasteiger partial charge in [-0.1, -0.05) is 0 Å². The molecule has 1 saturated heterocycles. The van der Waals surface area contributed by atoms with Gasteiger partial charge in [0.25, 0.3) is 0 Å². The van der Waals surface area contributed by atoms with Crippen LogP contribution in [0.15, 0.2) is 10.9 Å². The molecule has 0 aliphatic carbocycles. The van der Waals surface area contributed by atoms with Gasteiger partial charge in [0.2, 0.25) is 0 Å². The van der Waals surface area contributed by atoms with E-state index in [1.165, 1.54) is 5.69 Å². The van der Waals surface area contributed by atoms with E-state index >= 15 is 0 Å². The van der Waals surface area contributed by atoms with E-state index in [9.17, 15) is 0 Å². The highest BCUT2D eigenvalue weighted by Gasteiger charge is 2.26. The maximum atomic E-state index is 5.41. The molecule has 1 fully saturated rings. The Morgan fingerprint density at radius 3 is 2.76 bits per heavy atom. The standard InChI is InChI=1S/C11H19BrN4O/c1-13-7-9(16-3-5-17-6-4-16)10-11(12)14-8-15(10)2/h8-9,13H,3-7H2,1-2H3. The van der Waals surface area contributed by atoms with Gasteiger partial charge in [-0.15, -0.1) is 0 Å². The SMILES string of the molecule is CNCC(c1c(Br)ncn1C)N1CCOCC1. The predicted octanol–water partition coefficient (Wildman–Crippen LogP) is 0.775. The molecule has 1 unspecified atom stereocenters. The van der Waals surface area contributed by atoms with Crippen LogP contribution in [0.5, 0.6) is 0 Å². The number of nitrogens with zero attached hydrogens (tertiary/aromatic N) is 3. The number of aryl methyl sites for hydroxylation is 1. The number of nitrogens with one attached hydrogen (secondary N) is 1. The quantitative estimate of drug-likeness (QED) is 0.892. The van der Waals surface area contributed by atoms with E-state index in [0.717, 1.165) is 37.5 Å². The van der Waals surface area contributed by atoms with Crippen LogP contribution < -0.4 is 5.32 Å². The van der Waals surface area contributed by atoms with Crippen molar-refractivity contribution in [3.05, 3.63) is 16.6 Å². The number of hydrogen-bond donors (Lipinski definition) is 1. The minimum absolute atomic E-state index is 0.339. The van der Waals surface area contributed by atoms with Gasteiger partial charge in [0, 0.05) is 26.7 Å². The number of imidazole rings is 1. The molecular weight excluding hydrogens is 284 g/mol. The maximum Gasteiger partial charge on any atom is 0.128 e. The zero-order valence-corrected chi connectivity index (χ0v) is 11.9. The summed E-state index contributed by atoms with van der Waals surface area (Å²) >= 11 is 3.54. The number of likely N-dealkylation sites (N-methyl/N-ethyl adjacent to an activating group) is 1. The van der Waals surface area contributed by atoms with Gasteiger partial charge in [0.05, 0.1) is 31.3 Å². The van der Waals surface area contributed by atoms with Gasteiger partial charge in [0.1, 0.15) is 4.60 Å². The second-order valence-electron chi connectivity index (χ2n) is 4.25. The van der Waals surface area contributed by atoms with Crippen LogP contribution in [0.1, 0.15) is 11.7 Å². The second kappa shape index (κ2) is 5.95. The van der Waals surface area contributed by atoms with Crippen molar-refractivity contribution in [2.75, 3.05) is 39.9 Å². The molecule has 5 nitrogen and oxygen atoms in total. The lowest BCUT2D eigenvalue weighted by atomic mass is 10.1. The average Bonchev–Trinajstić information content (AvgIpc) is 2.68.